The van der Waals surface area contributed by atoms with Crippen molar-refractivity contribution in [2.24, 2.45) is 0 Å². The third kappa shape index (κ3) is 3.49. The van der Waals surface area contributed by atoms with E-state index in [-0.39, 0.29) is 6.04 Å². The van der Waals surface area contributed by atoms with Gasteiger partial charge in [0.25, 0.3) is 0 Å². The minimum atomic E-state index is -0.930. The maximum atomic E-state index is 15.1. The number of nitrogens with one attached hydrogen (secondary N) is 2. The van der Waals surface area contributed by atoms with Crippen LogP contribution in [0.1, 0.15) is 43.7 Å². The van der Waals surface area contributed by atoms with E-state index in [1.54, 1.807) is 0 Å². The topological polar surface area (TPSA) is 71.0 Å². The van der Waals surface area contributed by atoms with Crippen LogP contribution in [0.4, 0.5) is 10.1 Å². The van der Waals surface area contributed by atoms with E-state index < -0.39 is 6.17 Å². The Labute approximate surface area is 187 Å². The number of ether oxygens (including phenoxy) is 1. The number of fused-ring (bicyclic) bond motifs is 1. The highest BCUT2D eigenvalue weighted by molar-refractivity contribution is 6.00. The quantitative estimate of drug-likeness (QED) is 0.628. The molecule has 0 spiro atoms. The lowest BCUT2D eigenvalue weighted by molar-refractivity contribution is -0.0847. The number of piperidine rings is 1. The molecule has 170 valence electrons. The van der Waals surface area contributed by atoms with Gasteiger partial charge in [0.15, 0.2) is 0 Å². The molecular formula is C24H31FN6O. The van der Waals surface area contributed by atoms with E-state index in [4.69, 9.17) is 4.74 Å². The van der Waals surface area contributed by atoms with Gasteiger partial charge < -0.3 is 15.0 Å². The van der Waals surface area contributed by atoms with Gasteiger partial charge in [0.2, 0.25) is 0 Å². The van der Waals surface area contributed by atoms with Crippen LogP contribution in [0.5, 0.6) is 0 Å². The Kier molecular flexibility index (Phi) is 5.14. The fraction of sp³-hybridized carbons (Fsp3) is 0.583. The lowest BCUT2D eigenvalue weighted by atomic mass is 10.0. The molecule has 1 saturated carbocycles. The summed E-state index contributed by atoms with van der Waals surface area (Å²) in [5.41, 5.74) is 5.23. The SMILES string of the molecule is Cc1c[nH]c2ncc(-c3cnn([C@H]4CCN(C5COC5)C[C@@H]4F)c3)c(NC3CCCC3)c12. The van der Waals surface area contributed by atoms with Gasteiger partial charge in [-0.25, -0.2) is 9.37 Å². The number of aryl methyl sites for hydroxylation is 1. The normalized spacial score (nSPS) is 25.4. The zero-order valence-electron chi connectivity index (χ0n) is 18.6. The van der Waals surface area contributed by atoms with E-state index >= 15 is 4.39 Å². The van der Waals surface area contributed by atoms with Crippen molar-refractivity contribution in [1.82, 2.24) is 24.6 Å². The second-order valence-corrected chi connectivity index (χ2v) is 9.64. The maximum Gasteiger partial charge on any atom is 0.139 e. The summed E-state index contributed by atoms with van der Waals surface area (Å²) in [5.74, 6) is 0. The van der Waals surface area contributed by atoms with E-state index in [2.05, 4.69) is 32.2 Å². The molecule has 6 rings (SSSR count). The van der Waals surface area contributed by atoms with Crippen LogP contribution in [0.3, 0.4) is 0 Å². The van der Waals surface area contributed by atoms with Gasteiger partial charge in [-0.3, -0.25) is 9.58 Å². The first-order chi connectivity index (χ1) is 15.7. The van der Waals surface area contributed by atoms with E-state index in [0.717, 1.165) is 54.0 Å². The van der Waals surface area contributed by atoms with Crippen LogP contribution in [-0.4, -0.2) is 69.2 Å². The summed E-state index contributed by atoms with van der Waals surface area (Å²) in [4.78, 5) is 10.2. The van der Waals surface area contributed by atoms with Gasteiger partial charge in [0.05, 0.1) is 37.2 Å². The summed E-state index contributed by atoms with van der Waals surface area (Å²) in [5, 5.41) is 9.56. The van der Waals surface area contributed by atoms with Gasteiger partial charge in [-0.1, -0.05) is 12.8 Å². The number of aromatic amines is 1. The molecule has 32 heavy (non-hydrogen) atoms. The van der Waals surface area contributed by atoms with E-state index in [1.165, 1.54) is 31.2 Å². The number of nitrogens with zero attached hydrogens (tertiary/aromatic N) is 4. The molecule has 3 aliphatic rings. The second-order valence-electron chi connectivity index (χ2n) is 9.64. The zero-order chi connectivity index (χ0) is 21.7. The molecule has 1 aliphatic carbocycles. The van der Waals surface area contributed by atoms with Gasteiger partial charge in [0, 0.05) is 54.2 Å². The highest BCUT2D eigenvalue weighted by Gasteiger charge is 2.36. The number of H-pyrrole nitrogens is 1. The van der Waals surface area contributed by atoms with Crippen molar-refractivity contribution < 1.29 is 9.13 Å². The molecule has 0 unspecified atom stereocenters. The fourth-order valence-electron chi connectivity index (χ4n) is 5.53. The van der Waals surface area contributed by atoms with Crippen LogP contribution >= 0.6 is 0 Å². The standard InChI is InChI=1S/C24H31FN6O/c1-15-8-26-24-22(15)23(29-17-4-2-3-5-17)19(10-27-24)16-9-28-31(11-16)21-6-7-30(12-20(21)25)18-13-32-14-18/h8-11,17-18,20-21H,2-7,12-14H2,1H3,(H2,26,27,29)/t20-,21-/m0/s1. The predicted octanol–water partition coefficient (Wildman–Crippen LogP) is 4.07. The molecule has 3 aromatic rings. The minimum Gasteiger partial charge on any atom is -0.381 e. The average Bonchev–Trinajstić information content (AvgIpc) is 3.49. The van der Waals surface area contributed by atoms with Crippen molar-refractivity contribution in [3.05, 3.63) is 30.4 Å². The number of hydrogen-bond donors (Lipinski definition) is 2. The van der Waals surface area contributed by atoms with Crippen molar-refractivity contribution in [3.63, 3.8) is 0 Å². The van der Waals surface area contributed by atoms with Crippen molar-refractivity contribution in [3.8, 4) is 11.1 Å². The number of alkyl halides is 1. The Balaban J connectivity index is 1.30. The molecule has 2 aliphatic heterocycles. The Morgan fingerprint density at radius 1 is 1.19 bits per heavy atom. The lowest BCUT2D eigenvalue weighted by Gasteiger charge is -2.42. The Morgan fingerprint density at radius 2 is 2.03 bits per heavy atom. The van der Waals surface area contributed by atoms with Crippen molar-refractivity contribution in [2.45, 2.75) is 63.3 Å². The van der Waals surface area contributed by atoms with Crippen molar-refractivity contribution >= 4 is 16.7 Å². The van der Waals surface area contributed by atoms with Crippen LogP contribution < -0.4 is 5.32 Å². The molecule has 7 nitrogen and oxygen atoms in total. The molecule has 3 aromatic heterocycles. The molecule has 2 N–H and O–H groups in total. The lowest BCUT2D eigenvalue weighted by Crippen LogP contribution is -2.55. The van der Waals surface area contributed by atoms with E-state index in [9.17, 15) is 0 Å². The smallest absolute Gasteiger partial charge is 0.139 e. The first-order valence-corrected chi connectivity index (χ1v) is 11.9. The van der Waals surface area contributed by atoms with Crippen LogP contribution in [0.2, 0.25) is 0 Å². The first kappa shape index (κ1) is 20.2. The summed E-state index contributed by atoms with van der Waals surface area (Å²) >= 11 is 0. The maximum absolute atomic E-state index is 15.1. The van der Waals surface area contributed by atoms with Crippen LogP contribution in [0, 0.1) is 6.92 Å². The number of anilines is 1. The highest BCUT2D eigenvalue weighted by atomic mass is 19.1. The summed E-state index contributed by atoms with van der Waals surface area (Å²) in [6.45, 7) is 4.92. The highest BCUT2D eigenvalue weighted by Crippen LogP contribution is 2.38. The predicted molar refractivity (Wildman–Crippen MR) is 123 cm³/mol. The number of hydrogen-bond acceptors (Lipinski definition) is 5. The Morgan fingerprint density at radius 3 is 2.78 bits per heavy atom. The fourth-order valence-corrected chi connectivity index (χ4v) is 5.53. The summed E-state index contributed by atoms with van der Waals surface area (Å²) in [6, 6.07) is 0.644. The van der Waals surface area contributed by atoms with Gasteiger partial charge >= 0.3 is 0 Å². The molecule has 3 fully saturated rings. The monoisotopic (exact) mass is 438 g/mol. The number of rotatable bonds is 5. The van der Waals surface area contributed by atoms with Crippen molar-refractivity contribution in [1.29, 1.82) is 0 Å². The molecule has 0 radical (unpaired) electrons. The van der Waals surface area contributed by atoms with Gasteiger partial charge in [-0.2, -0.15) is 5.10 Å². The van der Waals surface area contributed by atoms with E-state index in [1.807, 2.05) is 29.5 Å². The molecule has 0 aromatic carbocycles. The molecule has 2 atom stereocenters. The average molecular weight is 439 g/mol. The second kappa shape index (κ2) is 8.15. The molecule has 2 saturated heterocycles. The molecule has 0 bridgehead atoms. The number of halogens is 1. The van der Waals surface area contributed by atoms with E-state index in [0.29, 0.717) is 18.6 Å². The molecule has 5 heterocycles. The third-order valence-electron chi connectivity index (χ3n) is 7.53. The zero-order valence-corrected chi connectivity index (χ0v) is 18.6. The Bertz CT molecular complexity index is 1100. The number of likely N-dealkylation sites (tertiary alicyclic amines) is 1. The van der Waals surface area contributed by atoms with Crippen molar-refractivity contribution in [2.75, 3.05) is 31.6 Å². The number of pyridine rings is 1. The summed E-state index contributed by atoms with van der Waals surface area (Å²) < 4.78 is 22.2. The van der Waals surface area contributed by atoms with Crippen LogP contribution in [0.25, 0.3) is 22.2 Å². The largest absolute Gasteiger partial charge is 0.381 e. The van der Waals surface area contributed by atoms with Gasteiger partial charge in [-0.05, 0) is 31.7 Å². The summed E-state index contributed by atoms with van der Waals surface area (Å²) in [7, 11) is 0. The third-order valence-corrected chi connectivity index (χ3v) is 7.53. The molecular weight excluding hydrogens is 407 g/mol. The Hall–Kier alpha value is -2.45. The number of aromatic nitrogens is 4. The van der Waals surface area contributed by atoms with Crippen LogP contribution in [-0.2, 0) is 4.74 Å². The van der Waals surface area contributed by atoms with Gasteiger partial charge in [-0.15, -0.1) is 0 Å². The molecule has 8 heteroatoms. The van der Waals surface area contributed by atoms with Gasteiger partial charge in [0.1, 0.15) is 11.8 Å². The van der Waals surface area contributed by atoms with Crippen LogP contribution in [0.15, 0.2) is 24.8 Å². The summed E-state index contributed by atoms with van der Waals surface area (Å²) in [6.07, 6.45) is 12.6. The first-order valence-electron chi connectivity index (χ1n) is 11.9. The minimum absolute atomic E-state index is 0.224. The molecule has 0 amide bonds.